The van der Waals surface area contributed by atoms with Crippen LogP contribution in [-0.2, 0) is 0 Å². The number of hydrogen-bond acceptors (Lipinski definition) is 5. The lowest BCUT2D eigenvalue weighted by Crippen LogP contribution is -2.18. The van der Waals surface area contributed by atoms with Crippen LogP contribution in [0.5, 0.6) is 11.5 Å². The predicted molar refractivity (Wildman–Crippen MR) is 121 cm³/mol. The molecule has 152 valence electrons. The SMILES string of the molecule is COc1ccc(C(=O)Oc2ccc(Br)cc2/C=N/NC(=O)c2ccccc2Br)cc1. The van der Waals surface area contributed by atoms with E-state index in [9.17, 15) is 9.59 Å². The van der Waals surface area contributed by atoms with Gasteiger partial charge in [-0.25, -0.2) is 10.2 Å². The van der Waals surface area contributed by atoms with Crippen LogP contribution in [0, 0.1) is 0 Å². The molecule has 3 rings (SSSR count). The van der Waals surface area contributed by atoms with Crippen molar-refractivity contribution in [3.63, 3.8) is 0 Å². The highest BCUT2D eigenvalue weighted by Crippen LogP contribution is 2.23. The summed E-state index contributed by atoms with van der Waals surface area (Å²) in [4.78, 5) is 24.7. The van der Waals surface area contributed by atoms with E-state index in [1.807, 2.05) is 6.07 Å². The number of rotatable bonds is 6. The van der Waals surface area contributed by atoms with E-state index in [0.29, 0.717) is 32.7 Å². The van der Waals surface area contributed by atoms with Gasteiger partial charge in [0.25, 0.3) is 5.91 Å². The minimum atomic E-state index is -0.521. The van der Waals surface area contributed by atoms with Gasteiger partial charge in [-0.2, -0.15) is 5.10 Å². The molecule has 0 aliphatic carbocycles. The Kier molecular flexibility index (Phi) is 7.37. The number of ether oxygens (including phenoxy) is 2. The smallest absolute Gasteiger partial charge is 0.343 e. The van der Waals surface area contributed by atoms with Gasteiger partial charge in [0.15, 0.2) is 0 Å². The fourth-order valence-corrected chi connectivity index (χ4v) is 3.31. The molecule has 0 atom stereocenters. The van der Waals surface area contributed by atoms with Crippen molar-refractivity contribution in [3.8, 4) is 11.5 Å². The molecule has 8 heteroatoms. The lowest BCUT2D eigenvalue weighted by molar-refractivity contribution is 0.0734. The number of methoxy groups -OCH3 is 1. The number of carbonyl (C=O) groups excluding carboxylic acids is 2. The highest BCUT2D eigenvalue weighted by molar-refractivity contribution is 9.10. The third kappa shape index (κ3) is 5.55. The van der Waals surface area contributed by atoms with Crippen molar-refractivity contribution in [2.24, 2.45) is 5.10 Å². The van der Waals surface area contributed by atoms with Crippen LogP contribution in [0.2, 0.25) is 0 Å². The average Bonchev–Trinajstić information content (AvgIpc) is 2.75. The van der Waals surface area contributed by atoms with Crippen molar-refractivity contribution < 1.29 is 19.1 Å². The van der Waals surface area contributed by atoms with E-state index in [4.69, 9.17) is 9.47 Å². The molecule has 0 saturated carbocycles. The first-order valence-electron chi connectivity index (χ1n) is 8.71. The van der Waals surface area contributed by atoms with E-state index in [1.165, 1.54) is 6.21 Å². The summed E-state index contributed by atoms with van der Waals surface area (Å²) in [5.41, 5.74) is 3.81. The fraction of sp³-hybridized carbons (Fsp3) is 0.0455. The van der Waals surface area contributed by atoms with E-state index in [0.717, 1.165) is 4.47 Å². The Labute approximate surface area is 190 Å². The van der Waals surface area contributed by atoms with Crippen LogP contribution in [0.3, 0.4) is 0 Å². The minimum absolute atomic E-state index is 0.304. The number of carbonyl (C=O) groups is 2. The van der Waals surface area contributed by atoms with Crippen LogP contribution in [0.1, 0.15) is 26.3 Å². The molecule has 1 amide bonds. The largest absolute Gasteiger partial charge is 0.497 e. The number of nitrogens with one attached hydrogen (secondary N) is 1. The predicted octanol–water partition coefficient (Wildman–Crippen LogP) is 5.20. The summed E-state index contributed by atoms with van der Waals surface area (Å²) in [6, 6.07) is 18.7. The second-order valence-electron chi connectivity index (χ2n) is 5.98. The van der Waals surface area contributed by atoms with Crippen LogP contribution in [0.15, 0.2) is 80.8 Å². The number of hydrazone groups is 1. The molecule has 3 aromatic rings. The molecule has 1 N–H and O–H groups in total. The van der Waals surface area contributed by atoms with Gasteiger partial charge in [0.05, 0.1) is 24.5 Å². The van der Waals surface area contributed by atoms with Crippen molar-refractivity contribution in [1.29, 1.82) is 0 Å². The number of benzene rings is 3. The third-order valence-electron chi connectivity index (χ3n) is 3.99. The molecule has 0 unspecified atom stereocenters. The maximum absolute atomic E-state index is 12.5. The maximum Gasteiger partial charge on any atom is 0.343 e. The van der Waals surface area contributed by atoms with Gasteiger partial charge in [-0.05, 0) is 70.5 Å². The van der Waals surface area contributed by atoms with Crippen LogP contribution >= 0.6 is 31.9 Å². The quantitative estimate of drug-likeness (QED) is 0.205. The Balaban J connectivity index is 1.74. The summed E-state index contributed by atoms with van der Waals surface area (Å²) >= 11 is 6.71. The van der Waals surface area contributed by atoms with E-state index >= 15 is 0 Å². The summed E-state index contributed by atoms with van der Waals surface area (Å²) in [5.74, 6) is 0.0547. The van der Waals surface area contributed by atoms with Crippen LogP contribution < -0.4 is 14.9 Å². The number of hydrogen-bond donors (Lipinski definition) is 1. The first-order chi connectivity index (χ1) is 14.5. The molecular formula is C22H16Br2N2O4. The summed E-state index contributed by atoms with van der Waals surface area (Å²) in [5, 5.41) is 3.99. The molecule has 0 aliphatic rings. The second kappa shape index (κ2) is 10.2. The minimum Gasteiger partial charge on any atom is -0.497 e. The van der Waals surface area contributed by atoms with Gasteiger partial charge in [-0.15, -0.1) is 0 Å². The Bertz CT molecular complexity index is 1100. The molecule has 0 aromatic heterocycles. The van der Waals surface area contributed by atoms with Gasteiger partial charge in [-0.1, -0.05) is 28.1 Å². The summed E-state index contributed by atoms with van der Waals surface area (Å²) in [6.07, 6.45) is 1.41. The molecular weight excluding hydrogens is 516 g/mol. The number of amides is 1. The number of nitrogens with zero attached hydrogens (tertiary/aromatic N) is 1. The fourth-order valence-electron chi connectivity index (χ4n) is 2.47. The van der Waals surface area contributed by atoms with Gasteiger partial charge >= 0.3 is 5.97 Å². The van der Waals surface area contributed by atoms with E-state index in [2.05, 4.69) is 42.4 Å². The summed E-state index contributed by atoms with van der Waals surface area (Å²) in [6.45, 7) is 0. The lowest BCUT2D eigenvalue weighted by atomic mass is 10.2. The molecule has 0 spiro atoms. The summed E-state index contributed by atoms with van der Waals surface area (Å²) in [7, 11) is 1.55. The Morgan fingerprint density at radius 1 is 1.00 bits per heavy atom. The monoisotopic (exact) mass is 530 g/mol. The Hall–Kier alpha value is -2.97. The standard InChI is InChI=1S/C22H16Br2N2O4/c1-29-17-9-6-14(7-10-17)22(28)30-20-11-8-16(23)12-15(20)13-25-26-21(27)18-4-2-3-5-19(18)24/h2-13H,1H3,(H,26,27)/b25-13+. The topological polar surface area (TPSA) is 77.0 Å². The van der Waals surface area contributed by atoms with Crippen molar-refractivity contribution >= 4 is 50.0 Å². The van der Waals surface area contributed by atoms with Crippen molar-refractivity contribution in [1.82, 2.24) is 5.43 Å². The van der Waals surface area contributed by atoms with Gasteiger partial charge in [0.2, 0.25) is 0 Å². The zero-order valence-corrected chi connectivity index (χ0v) is 18.9. The van der Waals surface area contributed by atoms with Crippen LogP contribution in [0.4, 0.5) is 0 Å². The van der Waals surface area contributed by atoms with E-state index in [-0.39, 0.29) is 5.91 Å². The van der Waals surface area contributed by atoms with Crippen molar-refractivity contribution in [3.05, 3.63) is 92.4 Å². The number of esters is 1. The molecule has 3 aromatic carbocycles. The molecule has 0 radical (unpaired) electrons. The molecule has 0 bridgehead atoms. The highest BCUT2D eigenvalue weighted by Gasteiger charge is 2.12. The average molecular weight is 532 g/mol. The molecule has 0 fully saturated rings. The third-order valence-corrected chi connectivity index (χ3v) is 5.17. The molecule has 30 heavy (non-hydrogen) atoms. The first kappa shape index (κ1) is 21.7. The van der Waals surface area contributed by atoms with Crippen LogP contribution in [0.25, 0.3) is 0 Å². The zero-order valence-electron chi connectivity index (χ0n) is 15.8. The van der Waals surface area contributed by atoms with Gasteiger partial charge in [0, 0.05) is 14.5 Å². The van der Waals surface area contributed by atoms with Crippen molar-refractivity contribution in [2.45, 2.75) is 0 Å². The molecule has 6 nitrogen and oxygen atoms in total. The highest BCUT2D eigenvalue weighted by atomic mass is 79.9. The van der Waals surface area contributed by atoms with E-state index in [1.54, 1.807) is 67.8 Å². The zero-order chi connectivity index (χ0) is 21.5. The number of halogens is 2. The Morgan fingerprint density at radius 2 is 1.73 bits per heavy atom. The maximum atomic E-state index is 12.5. The molecule has 0 aliphatic heterocycles. The van der Waals surface area contributed by atoms with Gasteiger partial charge < -0.3 is 9.47 Å². The van der Waals surface area contributed by atoms with Gasteiger partial charge in [0.1, 0.15) is 11.5 Å². The van der Waals surface area contributed by atoms with Crippen LogP contribution in [-0.4, -0.2) is 25.2 Å². The lowest BCUT2D eigenvalue weighted by Gasteiger charge is -2.09. The van der Waals surface area contributed by atoms with Gasteiger partial charge in [-0.3, -0.25) is 4.79 Å². The second-order valence-corrected chi connectivity index (χ2v) is 7.75. The first-order valence-corrected chi connectivity index (χ1v) is 10.3. The summed E-state index contributed by atoms with van der Waals surface area (Å²) < 4.78 is 12.0. The van der Waals surface area contributed by atoms with E-state index < -0.39 is 5.97 Å². The Morgan fingerprint density at radius 3 is 2.43 bits per heavy atom. The molecule has 0 saturated heterocycles. The molecule has 0 heterocycles. The normalized spacial score (nSPS) is 10.6. The van der Waals surface area contributed by atoms with Crippen molar-refractivity contribution in [2.75, 3.05) is 7.11 Å².